The minimum absolute atomic E-state index is 0.213. The van der Waals surface area contributed by atoms with Crippen molar-refractivity contribution in [2.24, 2.45) is 0 Å². The minimum atomic E-state index is -0.870. The molecule has 8 nitrogen and oxygen atoms in total. The second kappa shape index (κ2) is 12.7. The maximum Gasteiger partial charge on any atom is 0.305 e. The summed E-state index contributed by atoms with van der Waals surface area (Å²) >= 11 is 0. The van der Waals surface area contributed by atoms with Crippen LogP contribution in [0, 0.1) is 0 Å². The van der Waals surface area contributed by atoms with Crippen molar-refractivity contribution in [3.05, 3.63) is 71.8 Å². The van der Waals surface area contributed by atoms with Gasteiger partial charge in [-0.15, -0.1) is 0 Å². The van der Waals surface area contributed by atoms with Crippen LogP contribution in [0.15, 0.2) is 60.7 Å². The average molecular weight is 480 g/mol. The number of hydrogen-bond acceptors (Lipinski definition) is 5. The number of nitrogens with zero attached hydrogens (tertiary/aromatic N) is 1. The molecule has 0 unspecified atom stereocenters. The Morgan fingerprint density at radius 1 is 1.00 bits per heavy atom. The first-order chi connectivity index (χ1) is 16.9. The molecule has 1 saturated heterocycles. The van der Waals surface area contributed by atoms with Crippen molar-refractivity contribution in [2.75, 3.05) is 20.2 Å². The monoisotopic (exact) mass is 479 g/mol. The summed E-state index contributed by atoms with van der Waals surface area (Å²) in [5.41, 5.74) is 1.79. The number of nitrogens with one attached hydrogen (secondary N) is 2. The van der Waals surface area contributed by atoms with E-state index in [1.807, 2.05) is 60.7 Å². The van der Waals surface area contributed by atoms with Crippen LogP contribution >= 0.6 is 0 Å². The Hall–Kier alpha value is -3.68. The lowest BCUT2D eigenvalue weighted by molar-refractivity contribution is -0.141. The van der Waals surface area contributed by atoms with Gasteiger partial charge in [0.05, 0.1) is 7.11 Å². The van der Waals surface area contributed by atoms with E-state index in [1.165, 1.54) is 14.0 Å². The molecule has 2 aromatic carbocycles. The number of hydrogen-bond donors (Lipinski definition) is 2. The molecule has 8 heteroatoms. The molecule has 1 aliphatic rings. The van der Waals surface area contributed by atoms with Gasteiger partial charge in [-0.1, -0.05) is 60.7 Å². The standard InChI is InChI=1S/C27H33N3O5/c1-19(31)29-25(24(20-11-5-3-6-12-20)21-13-7-4-8-14-21)27(34)30-18-10-15-22(30)26(33)28-17-9-16-23(32)35-2/h3-8,11-14,22,24-25H,9-10,15-18H2,1-2H3,(H,28,33)(H,29,31)/t22-,25+/m0/s1. The Labute approximate surface area is 206 Å². The lowest BCUT2D eigenvalue weighted by atomic mass is 9.84. The van der Waals surface area contributed by atoms with Gasteiger partial charge in [0, 0.05) is 32.4 Å². The third kappa shape index (κ3) is 6.91. The molecule has 2 atom stereocenters. The van der Waals surface area contributed by atoms with Crippen molar-refractivity contribution >= 4 is 23.7 Å². The molecule has 2 N–H and O–H groups in total. The van der Waals surface area contributed by atoms with Gasteiger partial charge < -0.3 is 20.3 Å². The summed E-state index contributed by atoms with van der Waals surface area (Å²) in [7, 11) is 1.33. The fourth-order valence-electron chi connectivity index (χ4n) is 4.55. The van der Waals surface area contributed by atoms with Gasteiger partial charge in [-0.2, -0.15) is 0 Å². The Kier molecular flexibility index (Phi) is 9.40. The summed E-state index contributed by atoms with van der Waals surface area (Å²) in [6, 6.07) is 17.7. The molecule has 0 bridgehead atoms. The Morgan fingerprint density at radius 2 is 1.60 bits per heavy atom. The van der Waals surface area contributed by atoms with Crippen LogP contribution in [0.25, 0.3) is 0 Å². The van der Waals surface area contributed by atoms with Gasteiger partial charge >= 0.3 is 5.97 Å². The van der Waals surface area contributed by atoms with E-state index in [2.05, 4.69) is 15.4 Å². The second-order valence-corrected chi connectivity index (χ2v) is 8.64. The lowest BCUT2D eigenvalue weighted by Crippen LogP contribution is -2.55. The second-order valence-electron chi connectivity index (χ2n) is 8.64. The maximum atomic E-state index is 13.9. The number of methoxy groups -OCH3 is 1. The first-order valence-corrected chi connectivity index (χ1v) is 11.9. The Bertz CT molecular complexity index is 972. The number of amides is 3. The molecule has 3 amide bonds. The van der Waals surface area contributed by atoms with Gasteiger partial charge in [0.1, 0.15) is 12.1 Å². The van der Waals surface area contributed by atoms with Crippen molar-refractivity contribution in [1.29, 1.82) is 0 Å². The lowest BCUT2D eigenvalue weighted by Gasteiger charge is -2.33. The zero-order valence-corrected chi connectivity index (χ0v) is 20.2. The summed E-state index contributed by atoms with van der Waals surface area (Å²) in [5, 5.41) is 5.70. The molecule has 1 aliphatic heterocycles. The summed E-state index contributed by atoms with van der Waals surface area (Å²) in [6.07, 6.45) is 1.91. The summed E-state index contributed by atoms with van der Waals surface area (Å²) in [5.74, 6) is -1.60. The molecule has 0 aliphatic carbocycles. The number of carbonyl (C=O) groups is 4. The van der Waals surface area contributed by atoms with Crippen LogP contribution in [0.3, 0.4) is 0 Å². The van der Waals surface area contributed by atoms with E-state index in [0.717, 1.165) is 11.1 Å². The van der Waals surface area contributed by atoms with Gasteiger partial charge in [0.15, 0.2) is 0 Å². The number of likely N-dealkylation sites (tertiary alicyclic amines) is 1. The van der Waals surface area contributed by atoms with E-state index in [9.17, 15) is 19.2 Å². The van der Waals surface area contributed by atoms with Gasteiger partial charge in [-0.3, -0.25) is 19.2 Å². The van der Waals surface area contributed by atoms with Crippen LogP contribution in [0.2, 0.25) is 0 Å². The largest absolute Gasteiger partial charge is 0.469 e. The molecule has 1 heterocycles. The van der Waals surface area contributed by atoms with Crippen molar-refractivity contribution in [1.82, 2.24) is 15.5 Å². The third-order valence-corrected chi connectivity index (χ3v) is 6.20. The zero-order valence-electron chi connectivity index (χ0n) is 20.2. The number of rotatable bonds is 10. The molecule has 0 radical (unpaired) electrons. The molecule has 3 rings (SSSR count). The fraction of sp³-hybridized carbons (Fsp3) is 0.407. The highest BCUT2D eigenvalue weighted by atomic mass is 16.5. The van der Waals surface area contributed by atoms with E-state index >= 15 is 0 Å². The van der Waals surface area contributed by atoms with Gasteiger partial charge in [-0.05, 0) is 30.4 Å². The van der Waals surface area contributed by atoms with Crippen LogP contribution in [0.5, 0.6) is 0 Å². The van der Waals surface area contributed by atoms with E-state index in [0.29, 0.717) is 32.4 Å². The highest BCUT2D eigenvalue weighted by molar-refractivity contribution is 5.93. The van der Waals surface area contributed by atoms with E-state index < -0.39 is 18.0 Å². The first kappa shape index (κ1) is 25.9. The summed E-state index contributed by atoms with van der Waals surface area (Å²) in [6.45, 7) is 2.15. The van der Waals surface area contributed by atoms with E-state index in [1.54, 1.807) is 4.90 Å². The highest BCUT2D eigenvalue weighted by Gasteiger charge is 2.41. The fourth-order valence-corrected chi connectivity index (χ4v) is 4.55. The number of ether oxygens (including phenoxy) is 1. The SMILES string of the molecule is COC(=O)CCCNC(=O)[C@@H]1CCCN1C(=O)[C@H](NC(C)=O)C(c1ccccc1)c1ccccc1. The first-order valence-electron chi connectivity index (χ1n) is 11.9. The quantitative estimate of drug-likeness (QED) is 0.402. The van der Waals surface area contributed by atoms with E-state index in [-0.39, 0.29) is 30.1 Å². The molecule has 0 aromatic heterocycles. The Morgan fingerprint density at radius 3 is 2.14 bits per heavy atom. The topological polar surface area (TPSA) is 105 Å². The molecule has 186 valence electrons. The van der Waals surface area contributed by atoms with Crippen molar-refractivity contribution in [2.45, 2.75) is 50.6 Å². The summed E-state index contributed by atoms with van der Waals surface area (Å²) < 4.78 is 4.62. The van der Waals surface area contributed by atoms with E-state index in [4.69, 9.17) is 0 Å². The molecule has 0 spiro atoms. The smallest absolute Gasteiger partial charge is 0.305 e. The zero-order chi connectivity index (χ0) is 25.2. The molecular weight excluding hydrogens is 446 g/mol. The third-order valence-electron chi connectivity index (χ3n) is 6.20. The van der Waals surface area contributed by atoms with Gasteiger partial charge in [-0.25, -0.2) is 0 Å². The van der Waals surface area contributed by atoms with Gasteiger partial charge in [0.25, 0.3) is 0 Å². The molecule has 35 heavy (non-hydrogen) atoms. The predicted octanol–water partition coefficient (Wildman–Crippen LogP) is 2.38. The predicted molar refractivity (Wildman–Crippen MR) is 131 cm³/mol. The average Bonchev–Trinajstić information content (AvgIpc) is 3.37. The number of benzene rings is 2. The van der Waals surface area contributed by atoms with Crippen molar-refractivity contribution < 1.29 is 23.9 Å². The van der Waals surface area contributed by atoms with Crippen LogP contribution in [-0.2, 0) is 23.9 Å². The number of esters is 1. The van der Waals surface area contributed by atoms with Crippen LogP contribution in [-0.4, -0.2) is 60.9 Å². The number of carbonyl (C=O) groups excluding carboxylic acids is 4. The van der Waals surface area contributed by atoms with Crippen LogP contribution in [0.1, 0.15) is 49.7 Å². The minimum Gasteiger partial charge on any atom is -0.469 e. The molecule has 0 saturated carbocycles. The highest BCUT2D eigenvalue weighted by Crippen LogP contribution is 2.31. The molecule has 1 fully saturated rings. The van der Waals surface area contributed by atoms with Crippen molar-refractivity contribution in [3.8, 4) is 0 Å². The molecule has 2 aromatic rings. The van der Waals surface area contributed by atoms with Crippen molar-refractivity contribution in [3.63, 3.8) is 0 Å². The maximum absolute atomic E-state index is 13.9. The van der Waals surface area contributed by atoms with Crippen LogP contribution < -0.4 is 10.6 Å². The van der Waals surface area contributed by atoms with Gasteiger partial charge in [0.2, 0.25) is 17.7 Å². The Balaban J connectivity index is 1.83. The van der Waals surface area contributed by atoms with Crippen LogP contribution in [0.4, 0.5) is 0 Å². The summed E-state index contributed by atoms with van der Waals surface area (Å²) in [4.78, 5) is 51.9. The normalized spacial score (nSPS) is 16.0. The molecular formula is C27H33N3O5.